The maximum atomic E-state index is 11.9. The lowest BCUT2D eigenvalue weighted by molar-refractivity contribution is 0.158. The molecule has 9 nitrogen and oxygen atoms in total. The number of methoxy groups -OCH3 is 1. The summed E-state index contributed by atoms with van der Waals surface area (Å²) in [4.78, 5) is 25.5. The minimum absolute atomic E-state index is 0.0427. The van der Waals surface area contributed by atoms with Gasteiger partial charge in [0.25, 0.3) is 5.56 Å². The van der Waals surface area contributed by atoms with Gasteiger partial charge in [-0.1, -0.05) is 0 Å². The van der Waals surface area contributed by atoms with Gasteiger partial charge in [0.15, 0.2) is 4.90 Å². The zero-order chi connectivity index (χ0) is 14.5. The summed E-state index contributed by atoms with van der Waals surface area (Å²) in [6.45, 7) is -0.195. The molecule has 1 aromatic heterocycles. The number of ether oxygens (including phenoxy) is 1. The normalized spacial score (nSPS) is 13.4. The van der Waals surface area contributed by atoms with Crippen LogP contribution in [-0.2, 0) is 14.8 Å². The molecule has 0 fully saturated rings. The molecule has 1 unspecified atom stereocenters. The van der Waals surface area contributed by atoms with E-state index in [1.807, 2.05) is 4.98 Å². The van der Waals surface area contributed by atoms with Crippen molar-refractivity contribution >= 4 is 10.0 Å². The van der Waals surface area contributed by atoms with E-state index >= 15 is 0 Å². The average Bonchev–Trinajstić information content (AvgIpc) is 2.28. The highest BCUT2D eigenvalue weighted by Gasteiger charge is 2.23. The second-order valence-electron chi connectivity index (χ2n) is 3.72. The number of aromatic nitrogens is 2. The van der Waals surface area contributed by atoms with E-state index in [0.717, 1.165) is 6.20 Å². The number of H-pyrrole nitrogens is 2. The molecule has 19 heavy (non-hydrogen) atoms. The first kappa shape index (κ1) is 15.6. The summed E-state index contributed by atoms with van der Waals surface area (Å²) in [5.41, 5.74) is -1.82. The average molecular weight is 293 g/mol. The minimum Gasteiger partial charge on any atom is -0.396 e. The van der Waals surface area contributed by atoms with Crippen LogP contribution in [0, 0.1) is 0 Å². The largest absolute Gasteiger partial charge is 0.396 e. The predicted octanol–water partition coefficient (Wildman–Crippen LogP) is -2.26. The molecule has 1 rings (SSSR count). The quantitative estimate of drug-likeness (QED) is 0.447. The first-order valence-corrected chi connectivity index (χ1v) is 6.83. The Labute approximate surface area is 108 Å². The summed E-state index contributed by atoms with van der Waals surface area (Å²) in [5, 5.41) is 8.82. The topological polar surface area (TPSA) is 141 Å². The van der Waals surface area contributed by atoms with Gasteiger partial charge in [-0.25, -0.2) is 17.9 Å². The Morgan fingerprint density at radius 3 is 2.68 bits per heavy atom. The smallest absolute Gasteiger partial charge is 0.325 e. The third-order valence-electron chi connectivity index (χ3n) is 2.24. The Hall–Kier alpha value is -1.49. The Bertz CT molecular complexity index is 613. The van der Waals surface area contributed by atoms with Crippen LogP contribution in [0.1, 0.15) is 6.42 Å². The Morgan fingerprint density at radius 1 is 1.47 bits per heavy atom. The Kier molecular flexibility index (Phi) is 5.42. The highest BCUT2D eigenvalue weighted by molar-refractivity contribution is 7.89. The maximum Gasteiger partial charge on any atom is 0.325 e. The molecule has 10 heteroatoms. The number of aliphatic hydroxyl groups is 1. The summed E-state index contributed by atoms with van der Waals surface area (Å²) in [6.07, 6.45) is 0.945. The highest BCUT2D eigenvalue weighted by atomic mass is 32.2. The second kappa shape index (κ2) is 6.61. The molecule has 0 aliphatic heterocycles. The molecule has 0 aromatic carbocycles. The van der Waals surface area contributed by atoms with E-state index in [9.17, 15) is 18.0 Å². The second-order valence-corrected chi connectivity index (χ2v) is 5.40. The van der Waals surface area contributed by atoms with Gasteiger partial charge in [0.1, 0.15) is 0 Å². The van der Waals surface area contributed by atoms with Crippen molar-refractivity contribution in [2.75, 3.05) is 20.3 Å². The molecule has 0 spiro atoms. The third-order valence-corrected chi connectivity index (χ3v) is 3.77. The zero-order valence-corrected chi connectivity index (χ0v) is 11.0. The van der Waals surface area contributed by atoms with E-state index in [1.54, 1.807) is 0 Å². The van der Waals surface area contributed by atoms with Crippen LogP contribution in [0.4, 0.5) is 0 Å². The molecule has 0 aliphatic rings. The van der Waals surface area contributed by atoms with Crippen LogP contribution in [0.25, 0.3) is 0 Å². The fraction of sp³-hybridized carbons (Fsp3) is 0.556. The van der Waals surface area contributed by atoms with Crippen LogP contribution in [0.15, 0.2) is 20.7 Å². The van der Waals surface area contributed by atoms with E-state index in [1.165, 1.54) is 7.11 Å². The molecule has 0 bridgehead atoms. The number of rotatable bonds is 7. The van der Waals surface area contributed by atoms with Crippen molar-refractivity contribution in [1.29, 1.82) is 0 Å². The lowest BCUT2D eigenvalue weighted by Gasteiger charge is -2.16. The first-order valence-electron chi connectivity index (χ1n) is 5.35. The molecule has 108 valence electrons. The predicted molar refractivity (Wildman–Crippen MR) is 65.4 cm³/mol. The van der Waals surface area contributed by atoms with E-state index in [0.29, 0.717) is 0 Å². The van der Waals surface area contributed by atoms with Crippen molar-refractivity contribution in [1.82, 2.24) is 14.7 Å². The molecule has 1 heterocycles. The lowest BCUT2D eigenvalue weighted by atomic mass is 10.2. The van der Waals surface area contributed by atoms with Gasteiger partial charge >= 0.3 is 5.69 Å². The van der Waals surface area contributed by atoms with Crippen molar-refractivity contribution in [2.45, 2.75) is 17.4 Å². The van der Waals surface area contributed by atoms with Gasteiger partial charge in [0.2, 0.25) is 10.0 Å². The van der Waals surface area contributed by atoms with Gasteiger partial charge in [-0.15, -0.1) is 0 Å². The number of hydrogen-bond donors (Lipinski definition) is 4. The molecular formula is C9H15N3O6S. The molecule has 0 radical (unpaired) electrons. The van der Waals surface area contributed by atoms with Gasteiger partial charge in [-0.3, -0.25) is 9.78 Å². The van der Waals surface area contributed by atoms with Crippen molar-refractivity contribution in [2.24, 2.45) is 0 Å². The summed E-state index contributed by atoms with van der Waals surface area (Å²) < 4.78 is 30.9. The van der Waals surface area contributed by atoms with Crippen molar-refractivity contribution in [3.63, 3.8) is 0 Å². The standard InChI is InChI=1S/C9H15N3O6S/c1-18-5-6(2-3-13)12-19(16,17)7-4-10-9(15)11-8(7)14/h4,6,12-13H,2-3,5H2,1H3,(H2,10,11,14,15). The molecule has 0 saturated carbocycles. The van der Waals surface area contributed by atoms with Crippen molar-refractivity contribution in [3.05, 3.63) is 27.0 Å². The Morgan fingerprint density at radius 2 is 2.16 bits per heavy atom. The fourth-order valence-electron chi connectivity index (χ4n) is 1.41. The van der Waals surface area contributed by atoms with Gasteiger partial charge in [0.05, 0.1) is 6.61 Å². The fourth-order valence-corrected chi connectivity index (χ4v) is 2.67. The minimum atomic E-state index is -4.11. The zero-order valence-electron chi connectivity index (χ0n) is 10.2. The molecule has 0 saturated heterocycles. The van der Waals surface area contributed by atoms with E-state index in [2.05, 4.69) is 9.71 Å². The van der Waals surface area contributed by atoms with Crippen LogP contribution in [-0.4, -0.2) is 49.9 Å². The number of aliphatic hydroxyl groups excluding tert-OH is 1. The SMILES string of the molecule is COCC(CCO)NS(=O)(=O)c1c[nH]c(=O)[nH]c1=O. The molecule has 1 aromatic rings. The van der Waals surface area contributed by atoms with Crippen LogP contribution < -0.4 is 16.0 Å². The van der Waals surface area contributed by atoms with Gasteiger partial charge in [-0.2, -0.15) is 0 Å². The number of aromatic amines is 2. The van der Waals surface area contributed by atoms with Gasteiger partial charge in [0, 0.05) is 26.0 Å². The third kappa shape index (κ3) is 4.28. The maximum absolute atomic E-state index is 11.9. The number of hydrogen-bond acceptors (Lipinski definition) is 6. The first-order chi connectivity index (χ1) is 8.90. The van der Waals surface area contributed by atoms with Crippen LogP contribution >= 0.6 is 0 Å². The van der Waals surface area contributed by atoms with E-state index in [4.69, 9.17) is 9.84 Å². The summed E-state index contributed by atoms with van der Waals surface area (Å²) in [7, 11) is -2.73. The molecule has 0 amide bonds. The van der Waals surface area contributed by atoms with Crippen molar-refractivity contribution < 1.29 is 18.3 Å². The van der Waals surface area contributed by atoms with Crippen LogP contribution in [0.5, 0.6) is 0 Å². The van der Waals surface area contributed by atoms with Crippen LogP contribution in [0.2, 0.25) is 0 Å². The van der Waals surface area contributed by atoms with Gasteiger partial charge in [-0.05, 0) is 6.42 Å². The van der Waals surface area contributed by atoms with Crippen molar-refractivity contribution in [3.8, 4) is 0 Å². The molecular weight excluding hydrogens is 278 g/mol. The molecule has 1 atom stereocenters. The monoisotopic (exact) mass is 293 g/mol. The van der Waals surface area contributed by atoms with Gasteiger partial charge < -0.3 is 14.8 Å². The van der Waals surface area contributed by atoms with Crippen LogP contribution in [0.3, 0.4) is 0 Å². The number of nitrogens with one attached hydrogen (secondary N) is 3. The van der Waals surface area contributed by atoms with E-state index < -0.39 is 32.2 Å². The molecule has 4 N–H and O–H groups in total. The summed E-state index contributed by atoms with van der Waals surface area (Å²) in [5.74, 6) is 0. The summed E-state index contributed by atoms with van der Waals surface area (Å²) >= 11 is 0. The summed E-state index contributed by atoms with van der Waals surface area (Å²) in [6, 6.07) is -0.675. The lowest BCUT2D eigenvalue weighted by Crippen LogP contribution is -2.41. The Balaban J connectivity index is 3.03. The highest BCUT2D eigenvalue weighted by Crippen LogP contribution is 2.02. The van der Waals surface area contributed by atoms with E-state index in [-0.39, 0.29) is 19.6 Å². The number of sulfonamides is 1. The molecule has 0 aliphatic carbocycles.